The zero-order valence-electron chi connectivity index (χ0n) is 12.0. The predicted octanol–water partition coefficient (Wildman–Crippen LogP) is 0.925. The summed E-state index contributed by atoms with van der Waals surface area (Å²) in [7, 11) is 1.55. The Balaban J connectivity index is 1.76. The Morgan fingerprint density at radius 2 is 2.05 bits per heavy atom. The molecule has 0 bridgehead atoms. The van der Waals surface area contributed by atoms with E-state index in [1.54, 1.807) is 13.3 Å². The van der Waals surface area contributed by atoms with Gasteiger partial charge in [0, 0.05) is 63.0 Å². The molecule has 110 valence electrons. The van der Waals surface area contributed by atoms with E-state index < -0.39 is 0 Å². The van der Waals surface area contributed by atoms with Gasteiger partial charge in [0.15, 0.2) is 0 Å². The zero-order valence-corrected chi connectivity index (χ0v) is 12.0. The van der Waals surface area contributed by atoms with E-state index >= 15 is 0 Å². The van der Waals surface area contributed by atoms with Gasteiger partial charge in [0.05, 0.1) is 5.52 Å². The van der Waals surface area contributed by atoms with Gasteiger partial charge in [-0.15, -0.1) is 0 Å². The van der Waals surface area contributed by atoms with E-state index in [0.29, 0.717) is 13.1 Å². The van der Waals surface area contributed by atoms with Crippen LogP contribution in [0, 0.1) is 0 Å². The summed E-state index contributed by atoms with van der Waals surface area (Å²) in [6, 6.07) is 3.92. The highest BCUT2D eigenvalue weighted by Gasteiger charge is 2.22. The van der Waals surface area contributed by atoms with Crippen LogP contribution < -0.4 is 4.90 Å². The Morgan fingerprint density at radius 1 is 1.24 bits per heavy atom. The molecule has 6 nitrogen and oxygen atoms in total. The van der Waals surface area contributed by atoms with Crippen molar-refractivity contribution in [1.82, 2.24) is 14.9 Å². The molecule has 1 aliphatic heterocycles. The molecule has 2 aromatic rings. The number of fused-ring (bicyclic) bond motifs is 1. The van der Waals surface area contributed by atoms with Crippen molar-refractivity contribution in [2.24, 2.45) is 0 Å². The molecule has 3 heterocycles. The van der Waals surface area contributed by atoms with Crippen molar-refractivity contribution < 1.29 is 9.53 Å². The highest BCUT2D eigenvalue weighted by molar-refractivity contribution is 5.90. The minimum Gasteiger partial charge on any atom is -0.375 e. The number of rotatable bonds is 3. The number of hydrogen-bond donors (Lipinski definition) is 0. The summed E-state index contributed by atoms with van der Waals surface area (Å²) < 4.78 is 4.90. The number of methoxy groups -OCH3 is 1. The number of anilines is 1. The normalized spacial score (nSPS) is 15.5. The molecule has 0 atom stereocenters. The number of pyridine rings is 2. The third-order valence-corrected chi connectivity index (χ3v) is 3.76. The van der Waals surface area contributed by atoms with Crippen molar-refractivity contribution >= 4 is 22.5 Å². The molecule has 0 aromatic carbocycles. The fraction of sp³-hybridized carbons (Fsp3) is 0.400. The number of amides is 1. The molecule has 21 heavy (non-hydrogen) atoms. The van der Waals surface area contributed by atoms with Crippen molar-refractivity contribution in [2.75, 3.05) is 44.8 Å². The highest BCUT2D eigenvalue weighted by Crippen LogP contribution is 2.25. The van der Waals surface area contributed by atoms with Crippen LogP contribution in [0.3, 0.4) is 0 Å². The monoisotopic (exact) mass is 286 g/mol. The lowest BCUT2D eigenvalue weighted by Crippen LogP contribution is -2.49. The SMILES string of the molecule is COCC(=O)N1CCN(c2ccnc3ccncc23)CC1. The maximum Gasteiger partial charge on any atom is 0.248 e. The van der Waals surface area contributed by atoms with E-state index in [1.807, 2.05) is 29.4 Å². The fourth-order valence-corrected chi connectivity index (χ4v) is 2.66. The summed E-state index contributed by atoms with van der Waals surface area (Å²) in [5.74, 6) is 0.0541. The number of carbonyl (C=O) groups is 1. The maximum atomic E-state index is 11.8. The molecule has 0 unspecified atom stereocenters. The van der Waals surface area contributed by atoms with Crippen LogP contribution in [0.25, 0.3) is 10.9 Å². The molecule has 0 N–H and O–H groups in total. The van der Waals surface area contributed by atoms with E-state index in [1.165, 1.54) is 0 Å². The van der Waals surface area contributed by atoms with Gasteiger partial charge in [-0.05, 0) is 12.1 Å². The summed E-state index contributed by atoms with van der Waals surface area (Å²) in [6.45, 7) is 3.20. The van der Waals surface area contributed by atoms with Crippen LogP contribution in [0.15, 0.2) is 30.7 Å². The molecular formula is C15H18N4O2. The van der Waals surface area contributed by atoms with E-state index in [9.17, 15) is 4.79 Å². The first-order valence-electron chi connectivity index (χ1n) is 7.00. The number of piperazine rings is 1. The molecule has 0 spiro atoms. The molecule has 1 aliphatic rings. The van der Waals surface area contributed by atoms with Gasteiger partial charge >= 0.3 is 0 Å². The van der Waals surface area contributed by atoms with Gasteiger partial charge < -0.3 is 14.5 Å². The minimum atomic E-state index is 0.0541. The minimum absolute atomic E-state index is 0.0541. The molecule has 1 amide bonds. The van der Waals surface area contributed by atoms with Gasteiger partial charge in [-0.25, -0.2) is 0 Å². The quantitative estimate of drug-likeness (QED) is 0.840. The van der Waals surface area contributed by atoms with Crippen LogP contribution in [-0.2, 0) is 9.53 Å². The smallest absolute Gasteiger partial charge is 0.248 e. The summed E-state index contributed by atoms with van der Waals surface area (Å²) in [5, 5.41) is 1.05. The summed E-state index contributed by atoms with van der Waals surface area (Å²) >= 11 is 0. The van der Waals surface area contributed by atoms with Crippen LogP contribution in [0.4, 0.5) is 5.69 Å². The molecule has 1 saturated heterocycles. The first kappa shape index (κ1) is 13.8. The molecule has 2 aromatic heterocycles. The Kier molecular flexibility index (Phi) is 3.96. The first-order valence-corrected chi connectivity index (χ1v) is 7.00. The van der Waals surface area contributed by atoms with Gasteiger partial charge in [-0.1, -0.05) is 0 Å². The predicted molar refractivity (Wildman–Crippen MR) is 80.2 cm³/mol. The average Bonchev–Trinajstić information content (AvgIpc) is 2.55. The Morgan fingerprint density at radius 3 is 2.81 bits per heavy atom. The second-order valence-corrected chi connectivity index (χ2v) is 5.02. The van der Waals surface area contributed by atoms with Crippen LogP contribution in [0.1, 0.15) is 0 Å². The first-order chi connectivity index (χ1) is 10.3. The van der Waals surface area contributed by atoms with E-state index in [4.69, 9.17) is 4.74 Å². The fourth-order valence-electron chi connectivity index (χ4n) is 2.66. The topological polar surface area (TPSA) is 58.6 Å². The van der Waals surface area contributed by atoms with Crippen LogP contribution >= 0.6 is 0 Å². The van der Waals surface area contributed by atoms with Gasteiger partial charge in [0.2, 0.25) is 5.91 Å². The Labute approximate surface area is 123 Å². The standard InChI is InChI=1S/C15H18N4O2/c1-21-11-15(20)19-8-6-18(7-9-19)14-3-5-17-13-2-4-16-10-12(13)14/h2-5,10H,6-9,11H2,1H3. The number of hydrogen-bond acceptors (Lipinski definition) is 5. The molecule has 3 rings (SSSR count). The second-order valence-electron chi connectivity index (χ2n) is 5.02. The van der Waals surface area contributed by atoms with Gasteiger partial charge in [-0.2, -0.15) is 0 Å². The summed E-state index contributed by atoms with van der Waals surface area (Å²) in [5.41, 5.74) is 2.08. The van der Waals surface area contributed by atoms with Crippen molar-refractivity contribution in [3.63, 3.8) is 0 Å². The lowest BCUT2D eigenvalue weighted by Gasteiger charge is -2.36. The summed E-state index contributed by atoms with van der Waals surface area (Å²) in [4.78, 5) is 24.5. The van der Waals surface area contributed by atoms with Crippen molar-refractivity contribution in [3.05, 3.63) is 30.7 Å². The van der Waals surface area contributed by atoms with Crippen LogP contribution in [-0.4, -0.2) is 60.7 Å². The maximum absolute atomic E-state index is 11.8. The zero-order chi connectivity index (χ0) is 14.7. The largest absolute Gasteiger partial charge is 0.375 e. The number of nitrogens with zero attached hydrogens (tertiary/aromatic N) is 4. The Hall–Kier alpha value is -2.21. The summed E-state index contributed by atoms with van der Waals surface area (Å²) in [6.07, 6.45) is 5.42. The molecule has 0 aliphatic carbocycles. The van der Waals surface area contributed by atoms with Crippen LogP contribution in [0.5, 0.6) is 0 Å². The molecule has 0 radical (unpaired) electrons. The number of carbonyl (C=O) groups excluding carboxylic acids is 1. The van der Waals surface area contributed by atoms with Gasteiger partial charge in [-0.3, -0.25) is 14.8 Å². The molecular weight excluding hydrogens is 268 g/mol. The van der Waals surface area contributed by atoms with Gasteiger partial charge in [0.1, 0.15) is 6.61 Å². The highest BCUT2D eigenvalue weighted by atomic mass is 16.5. The lowest BCUT2D eigenvalue weighted by atomic mass is 10.2. The van der Waals surface area contributed by atoms with E-state index in [-0.39, 0.29) is 12.5 Å². The van der Waals surface area contributed by atoms with Crippen LogP contribution in [0.2, 0.25) is 0 Å². The van der Waals surface area contributed by atoms with Crippen molar-refractivity contribution in [3.8, 4) is 0 Å². The van der Waals surface area contributed by atoms with Crippen molar-refractivity contribution in [2.45, 2.75) is 0 Å². The second kappa shape index (κ2) is 6.05. The third kappa shape index (κ3) is 2.80. The molecule has 6 heteroatoms. The van der Waals surface area contributed by atoms with E-state index in [0.717, 1.165) is 29.7 Å². The third-order valence-electron chi connectivity index (χ3n) is 3.76. The van der Waals surface area contributed by atoms with E-state index in [2.05, 4.69) is 14.9 Å². The average molecular weight is 286 g/mol. The van der Waals surface area contributed by atoms with Gasteiger partial charge in [0.25, 0.3) is 0 Å². The molecule has 1 fully saturated rings. The number of ether oxygens (including phenoxy) is 1. The lowest BCUT2D eigenvalue weighted by molar-refractivity contribution is -0.135. The molecule has 0 saturated carbocycles. The van der Waals surface area contributed by atoms with Crippen molar-refractivity contribution in [1.29, 1.82) is 0 Å². The Bertz CT molecular complexity index is 633. The number of aromatic nitrogens is 2.